The van der Waals surface area contributed by atoms with E-state index >= 15 is 0 Å². The second-order valence-electron chi connectivity index (χ2n) is 16.9. The molecule has 0 saturated heterocycles. The number of hydrogen-bond donors (Lipinski definition) is 3. The molecule has 2 unspecified atom stereocenters. The molecule has 56 heavy (non-hydrogen) atoms. The van der Waals surface area contributed by atoms with Crippen LogP contribution in [-0.4, -0.2) is 34.9 Å². The van der Waals surface area contributed by atoms with Gasteiger partial charge in [0.25, 0.3) is 0 Å². The third-order valence-corrected chi connectivity index (χ3v) is 11.4. The predicted molar refractivity (Wildman–Crippen MR) is 248 cm³/mol. The summed E-state index contributed by atoms with van der Waals surface area (Å²) in [7, 11) is 0. The van der Waals surface area contributed by atoms with E-state index in [1.54, 1.807) is 0 Å². The lowest BCUT2D eigenvalue weighted by Crippen LogP contribution is -2.45. The molecule has 0 aliphatic carbocycles. The van der Waals surface area contributed by atoms with E-state index in [1.165, 1.54) is 186 Å². The van der Waals surface area contributed by atoms with Crippen LogP contribution in [-0.2, 0) is 4.79 Å². The van der Waals surface area contributed by atoms with Gasteiger partial charge in [0.1, 0.15) is 0 Å². The zero-order valence-corrected chi connectivity index (χ0v) is 37.7. The molecule has 4 nitrogen and oxygen atoms in total. The third-order valence-electron chi connectivity index (χ3n) is 11.4. The summed E-state index contributed by atoms with van der Waals surface area (Å²) in [6.07, 6.45) is 65.3. The van der Waals surface area contributed by atoms with Crippen molar-refractivity contribution in [2.45, 2.75) is 270 Å². The quantitative estimate of drug-likeness (QED) is 0.0425. The summed E-state index contributed by atoms with van der Waals surface area (Å²) in [5.41, 5.74) is 0. The summed E-state index contributed by atoms with van der Waals surface area (Å²) < 4.78 is 0. The Balaban J connectivity index is 3.44. The standard InChI is InChI=1S/C52H97NO3/c1-3-5-7-9-11-13-15-17-18-19-20-21-22-23-24-25-26-27-28-29-30-31-32-33-34-36-37-39-41-43-45-47-51(55)50(49-54)53-52(56)48-46-44-42-40-38-35-16-14-12-10-8-6-4-2/h6,8,12,14,35,38,42,44,50-51,54-55H,3-5,7,9-11,13,15-34,36-37,39-41,43,45-49H2,1-2H3,(H,53,56)/b8-6-,14-12-,38-35-,44-42-. The van der Waals surface area contributed by atoms with Crippen molar-refractivity contribution in [3.05, 3.63) is 48.6 Å². The van der Waals surface area contributed by atoms with Gasteiger partial charge in [0.2, 0.25) is 5.91 Å². The van der Waals surface area contributed by atoms with Gasteiger partial charge in [-0.05, 0) is 38.5 Å². The number of unbranched alkanes of at least 4 members (excludes halogenated alkanes) is 30. The minimum atomic E-state index is -0.690. The van der Waals surface area contributed by atoms with Crippen molar-refractivity contribution in [3.8, 4) is 0 Å². The van der Waals surface area contributed by atoms with Gasteiger partial charge in [-0.15, -0.1) is 0 Å². The predicted octanol–water partition coefficient (Wildman–Crippen LogP) is 15.9. The topological polar surface area (TPSA) is 69.6 Å². The van der Waals surface area contributed by atoms with Crippen molar-refractivity contribution in [1.82, 2.24) is 5.32 Å². The van der Waals surface area contributed by atoms with Gasteiger partial charge in [0.15, 0.2) is 0 Å². The van der Waals surface area contributed by atoms with Crippen molar-refractivity contribution in [2.75, 3.05) is 6.61 Å². The summed E-state index contributed by atoms with van der Waals surface area (Å²) in [5, 5.41) is 23.1. The van der Waals surface area contributed by atoms with Crippen LogP contribution in [0.2, 0.25) is 0 Å². The van der Waals surface area contributed by atoms with Crippen molar-refractivity contribution in [1.29, 1.82) is 0 Å². The molecule has 0 aliphatic heterocycles. The van der Waals surface area contributed by atoms with Gasteiger partial charge in [-0.2, -0.15) is 0 Å². The molecule has 0 fully saturated rings. The van der Waals surface area contributed by atoms with Crippen LogP contribution >= 0.6 is 0 Å². The number of rotatable bonds is 45. The highest BCUT2D eigenvalue weighted by molar-refractivity contribution is 5.76. The van der Waals surface area contributed by atoms with Crippen LogP contribution in [0.4, 0.5) is 0 Å². The van der Waals surface area contributed by atoms with Gasteiger partial charge in [-0.25, -0.2) is 0 Å². The van der Waals surface area contributed by atoms with E-state index < -0.39 is 12.1 Å². The first-order valence-electron chi connectivity index (χ1n) is 24.8. The van der Waals surface area contributed by atoms with Gasteiger partial charge in [-0.1, -0.05) is 262 Å². The maximum absolute atomic E-state index is 12.3. The minimum Gasteiger partial charge on any atom is -0.394 e. The van der Waals surface area contributed by atoms with Crippen LogP contribution in [0.3, 0.4) is 0 Å². The Bertz CT molecular complexity index is 893. The lowest BCUT2D eigenvalue weighted by Gasteiger charge is -2.22. The fraction of sp³-hybridized carbons (Fsp3) is 0.827. The van der Waals surface area contributed by atoms with Crippen LogP contribution < -0.4 is 5.32 Å². The number of aliphatic hydroxyl groups excluding tert-OH is 2. The Morgan fingerprint density at radius 1 is 0.446 bits per heavy atom. The maximum atomic E-state index is 12.3. The molecule has 0 aliphatic rings. The van der Waals surface area contributed by atoms with Gasteiger partial charge >= 0.3 is 0 Å². The van der Waals surface area contributed by atoms with Crippen LogP contribution in [0, 0.1) is 0 Å². The zero-order chi connectivity index (χ0) is 40.7. The Morgan fingerprint density at radius 2 is 0.750 bits per heavy atom. The molecule has 0 radical (unpaired) electrons. The van der Waals surface area contributed by atoms with Gasteiger partial charge in [0.05, 0.1) is 18.8 Å². The van der Waals surface area contributed by atoms with E-state index in [0.717, 1.165) is 38.5 Å². The first kappa shape index (κ1) is 54.3. The van der Waals surface area contributed by atoms with Crippen LogP contribution in [0.15, 0.2) is 48.6 Å². The molecule has 0 saturated carbocycles. The molecule has 0 aromatic carbocycles. The first-order valence-corrected chi connectivity index (χ1v) is 24.8. The molecule has 0 heterocycles. The Hall–Kier alpha value is -1.65. The highest BCUT2D eigenvalue weighted by Gasteiger charge is 2.19. The molecule has 1 amide bonds. The maximum Gasteiger partial charge on any atom is 0.220 e. The number of allylic oxidation sites excluding steroid dienone is 8. The van der Waals surface area contributed by atoms with E-state index in [1.807, 2.05) is 6.08 Å². The molecule has 4 heteroatoms. The fourth-order valence-electron chi connectivity index (χ4n) is 7.61. The van der Waals surface area contributed by atoms with E-state index in [4.69, 9.17) is 0 Å². The number of amides is 1. The molecular formula is C52H97NO3. The minimum absolute atomic E-state index is 0.110. The SMILES string of the molecule is CC/C=C\C/C=C\C/C=C\C/C=C\CCC(=O)NC(CO)C(O)CCCCCCCCCCCCCCCCCCCCCCCCCCCCCCCCC. The highest BCUT2D eigenvalue weighted by atomic mass is 16.3. The summed E-state index contributed by atoms with van der Waals surface area (Å²) >= 11 is 0. The van der Waals surface area contributed by atoms with Crippen molar-refractivity contribution in [3.63, 3.8) is 0 Å². The molecule has 0 aromatic heterocycles. The lowest BCUT2D eigenvalue weighted by molar-refractivity contribution is -0.123. The largest absolute Gasteiger partial charge is 0.394 e. The third kappa shape index (κ3) is 43.5. The van der Waals surface area contributed by atoms with Gasteiger partial charge in [-0.3, -0.25) is 4.79 Å². The number of carbonyl (C=O) groups is 1. The highest BCUT2D eigenvalue weighted by Crippen LogP contribution is 2.17. The summed E-state index contributed by atoms with van der Waals surface area (Å²) in [6.45, 7) is 4.22. The number of hydrogen-bond acceptors (Lipinski definition) is 3. The molecule has 2 atom stereocenters. The number of carbonyl (C=O) groups excluding carboxylic acids is 1. The number of nitrogens with one attached hydrogen (secondary N) is 1. The second kappa shape index (κ2) is 47.7. The van der Waals surface area contributed by atoms with Crippen molar-refractivity contribution >= 4 is 5.91 Å². The summed E-state index contributed by atoms with van der Waals surface area (Å²) in [6, 6.07) is -0.575. The summed E-state index contributed by atoms with van der Waals surface area (Å²) in [5.74, 6) is -0.110. The molecule has 0 aromatic rings. The molecular weight excluding hydrogens is 687 g/mol. The van der Waals surface area contributed by atoms with E-state index in [2.05, 4.69) is 61.7 Å². The monoisotopic (exact) mass is 784 g/mol. The van der Waals surface area contributed by atoms with Crippen molar-refractivity contribution < 1.29 is 15.0 Å². The molecule has 3 N–H and O–H groups in total. The Morgan fingerprint density at radius 3 is 1.07 bits per heavy atom. The first-order chi connectivity index (χ1) is 27.7. The molecule has 328 valence electrons. The lowest BCUT2D eigenvalue weighted by atomic mass is 10.0. The number of aliphatic hydroxyl groups is 2. The molecule has 0 rings (SSSR count). The van der Waals surface area contributed by atoms with E-state index in [0.29, 0.717) is 19.3 Å². The van der Waals surface area contributed by atoms with Crippen molar-refractivity contribution in [2.24, 2.45) is 0 Å². The van der Waals surface area contributed by atoms with Crippen LogP contribution in [0.25, 0.3) is 0 Å². The smallest absolute Gasteiger partial charge is 0.220 e. The second-order valence-corrected chi connectivity index (χ2v) is 16.9. The molecule has 0 spiro atoms. The Labute approximate surface area is 350 Å². The average molecular weight is 784 g/mol. The average Bonchev–Trinajstić information content (AvgIpc) is 3.20. The van der Waals surface area contributed by atoms with E-state index in [-0.39, 0.29) is 12.5 Å². The van der Waals surface area contributed by atoms with Crippen LogP contribution in [0.1, 0.15) is 258 Å². The zero-order valence-electron chi connectivity index (χ0n) is 37.7. The van der Waals surface area contributed by atoms with E-state index in [9.17, 15) is 15.0 Å². The normalized spacial score (nSPS) is 13.3. The summed E-state index contributed by atoms with van der Waals surface area (Å²) in [4.78, 5) is 12.3. The van der Waals surface area contributed by atoms with Crippen LogP contribution in [0.5, 0.6) is 0 Å². The van der Waals surface area contributed by atoms with Gasteiger partial charge in [0, 0.05) is 6.42 Å². The fourth-order valence-corrected chi connectivity index (χ4v) is 7.61. The molecule has 0 bridgehead atoms. The Kier molecular flexibility index (Phi) is 46.3. The van der Waals surface area contributed by atoms with Gasteiger partial charge < -0.3 is 15.5 Å².